The fourth-order valence-corrected chi connectivity index (χ4v) is 4.63. The largest absolute Gasteiger partial charge is 0.352 e. The first-order chi connectivity index (χ1) is 15.9. The molecule has 0 fully saturated rings. The minimum atomic E-state index is -0.638. The molecule has 1 atom stereocenters. The number of aryl methyl sites for hydroxylation is 1. The third-order valence-corrected chi connectivity index (χ3v) is 6.43. The summed E-state index contributed by atoms with van der Waals surface area (Å²) in [7, 11) is 0. The highest BCUT2D eigenvalue weighted by atomic mass is 32.1. The standard InChI is InChI=1S/C25H24FN3O3S/c1-17(11-12-18-7-3-2-4-8-18)27-22(30)16-28-21-13-14-33-23(21)24(31)29(25(28)32)15-19-9-5-6-10-20(19)26/h2-10,13-14,17H,11-12,15-16H2,1H3,(H,27,30). The van der Waals surface area contributed by atoms with Crippen molar-refractivity contribution in [3.8, 4) is 0 Å². The lowest BCUT2D eigenvalue weighted by Gasteiger charge is -2.16. The van der Waals surface area contributed by atoms with Crippen molar-refractivity contribution >= 4 is 27.5 Å². The van der Waals surface area contributed by atoms with Crippen LogP contribution in [0.2, 0.25) is 0 Å². The average molecular weight is 466 g/mol. The Morgan fingerprint density at radius 3 is 2.52 bits per heavy atom. The van der Waals surface area contributed by atoms with Gasteiger partial charge < -0.3 is 5.32 Å². The number of fused-ring (bicyclic) bond motifs is 1. The number of benzene rings is 2. The number of aromatic nitrogens is 2. The van der Waals surface area contributed by atoms with Gasteiger partial charge in [-0.15, -0.1) is 11.3 Å². The number of nitrogens with one attached hydrogen (secondary N) is 1. The number of halogens is 1. The monoisotopic (exact) mass is 465 g/mol. The highest BCUT2D eigenvalue weighted by molar-refractivity contribution is 7.17. The Hall–Kier alpha value is -3.52. The highest BCUT2D eigenvalue weighted by Gasteiger charge is 2.18. The van der Waals surface area contributed by atoms with Crippen LogP contribution in [-0.2, 0) is 24.3 Å². The molecule has 0 aliphatic carbocycles. The number of rotatable bonds is 8. The molecule has 0 spiro atoms. The van der Waals surface area contributed by atoms with Crippen LogP contribution in [0.15, 0.2) is 75.6 Å². The van der Waals surface area contributed by atoms with Crippen LogP contribution in [0.4, 0.5) is 4.39 Å². The zero-order valence-electron chi connectivity index (χ0n) is 18.2. The predicted molar refractivity (Wildman–Crippen MR) is 128 cm³/mol. The molecule has 2 heterocycles. The van der Waals surface area contributed by atoms with E-state index in [2.05, 4.69) is 5.32 Å². The van der Waals surface area contributed by atoms with Gasteiger partial charge in [0, 0.05) is 11.6 Å². The van der Waals surface area contributed by atoms with E-state index in [-0.39, 0.29) is 30.6 Å². The van der Waals surface area contributed by atoms with Gasteiger partial charge in [-0.3, -0.25) is 18.7 Å². The van der Waals surface area contributed by atoms with E-state index in [9.17, 15) is 18.8 Å². The maximum atomic E-state index is 14.2. The number of carbonyl (C=O) groups excluding carboxylic acids is 1. The van der Waals surface area contributed by atoms with Crippen LogP contribution in [0.25, 0.3) is 10.2 Å². The van der Waals surface area contributed by atoms with Crippen LogP contribution in [0.5, 0.6) is 0 Å². The van der Waals surface area contributed by atoms with Gasteiger partial charge >= 0.3 is 5.69 Å². The zero-order valence-corrected chi connectivity index (χ0v) is 19.0. The quantitative estimate of drug-likeness (QED) is 0.433. The number of carbonyl (C=O) groups is 1. The molecule has 1 unspecified atom stereocenters. The fourth-order valence-electron chi connectivity index (χ4n) is 3.79. The van der Waals surface area contributed by atoms with Crippen LogP contribution >= 0.6 is 11.3 Å². The Balaban J connectivity index is 1.55. The first kappa shape index (κ1) is 22.7. The van der Waals surface area contributed by atoms with Crippen LogP contribution in [0.1, 0.15) is 24.5 Å². The van der Waals surface area contributed by atoms with Gasteiger partial charge in [0.25, 0.3) is 5.56 Å². The molecule has 33 heavy (non-hydrogen) atoms. The van der Waals surface area contributed by atoms with Gasteiger partial charge in [-0.1, -0.05) is 48.5 Å². The van der Waals surface area contributed by atoms with Gasteiger partial charge in [0.1, 0.15) is 17.1 Å². The Morgan fingerprint density at radius 2 is 1.76 bits per heavy atom. The maximum Gasteiger partial charge on any atom is 0.332 e. The molecule has 0 aliphatic heterocycles. The lowest BCUT2D eigenvalue weighted by atomic mass is 10.1. The summed E-state index contributed by atoms with van der Waals surface area (Å²) in [6, 6.07) is 17.6. The van der Waals surface area contributed by atoms with Crippen molar-refractivity contribution in [2.75, 3.05) is 0 Å². The maximum absolute atomic E-state index is 14.2. The first-order valence-electron chi connectivity index (χ1n) is 10.7. The molecular weight excluding hydrogens is 441 g/mol. The van der Waals surface area contributed by atoms with Gasteiger partial charge in [0.05, 0.1) is 12.1 Å². The van der Waals surface area contributed by atoms with Crippen LogP contribution in [0, 0.1) is 5.82 Å². The van der Waals surface area contributed by atoms with Crippen molar-refractivity contribution in [3.05, 3.63) is 104 Å². The number of hydrogen-bond donors (Lipinski definition) is 1. The van der Waals surface area contributed by atoms with E-state index in [0.29, 0.717) is 10.2 Å². The van der Waals surface area contributed by atoms with Crippen molar-refractivity contribution in [2.45, 2.75) is 38.9 Å². The molecule has 0 saturated heterocycles. The van der Waals surface area contributed by atoms with Crippen molar-refractivity contribution in [1.29, 1.82) is 0 Å². The molecule has 4 rings (SSSR count). The zero-order chi connectivity index (χ0) is 23.4. The summed E-state index contributed by atoms with van der Waals surface area (Å²) in [6.45, 7) is 1.50. The van der Waals surface area contributed by atoms with Gasteiger partial charge in [-0.05, 0) is 42.8 Å². The molecule has 2 aromatic heterocycles. The van der Waals surface area contributed by atoms with Crippen molar-refractivity contribution in [3.63, 3.8) is 0 Å². The molecule has 2 aromatic carbocycles. The van der Waals surface area contributed by atoms with Crippen LogP contribution < -0.4 is 16.6 Å². The van der Waals surface area contributed by atoms with E-state index >= 15 is 0 Å². The summed E-state index contributed by atoms with van der Waals surface area (Å²) in [6.07, 6.45) is 1.58. The number of hydrogen-bond acceptors (Lipinski definition) is 4. The van der Waals surface area contributed by atoms with E-state index in [1.807, 2.05) is 37.3 Å². The second kappa shape index (κ2) is 9.95. The Morgan fingerprint density at radius 1 is 1.03 bits per heavy atom. The molecule has 8 heteroatoms. The summed E-state index contributed by atoms with van der Waals surface area (Å²) in [5.74, 6) is -0.812. The molecule has 0 saturated carbocycles. The van der Waals surface area contributed by atoms with Crippen molar-refractivity contribution in [1.82, 2.24) is 14.5 Å². The van der Waals surface area contributed by atoms with Gasteiger partial charge in [-0.25, -0.2) is 9.18 Å². The lowest BCUT2D eigenvalue weighted by Crippen LogP contribution is -2.43. The van der Waals surface area contributed by atoms with E-state index in [1.54, 1.807) is 23.6 Å². The summed E-state index contributed by atoms with van der Waals surface area (Å²) in [5.41, 5.74) is 0.711. The van der Waals surface area contributed by atoms with Crippen LogP contribution in [-0.4, -0.2) is 21.1 Å². The molecule has 6 nitrogen and oxygen atoms in total. The molecule has 1 N–H and O–H groups in total. The van der Waals surface area contributed by atoms with Gasteiger partial charge in [0.2, 0.25) is 5.91 Å². The summed E-state index contributed by atoms with van der Waals surface area (Å²) in [4.78, 5) is 38.8. The average Bonchev–Trinajstić information content (AvgIpc) is 3.30. The Labute approximate surface area is 193 Å². The van der Waals surface area contributed by atoms with Crippen molar-refractivity contribution in [2.24, 2.45) is 0 Å². The summed E-state index contributed by atoms with van der Waals surface area (Å²) >= 11 is 1.19. The van der Waals surface area contributed by atoms with Crippen molar-refractivity contribution < 1.29 is 9.18 Å². The minimum absolute atomic E-state index is 0.0873. The minimum Gasteiger partial charge on any atom is -0.352 e. The fraction of sp³-hybridized carbons (Fsp3) is 0.240. The van der Waals surface area contributed by atoms with Crippen LogP contribution in [0.3, 0.4) is 0 Å². The lowest BCUT2D eigenvalue weighted by molar-refractivity contribution is -0.122. The Bertz CT molecular complexity index is 1390. The summed E-state index contributed by atoms with van der Waals surface area (Å²) in [5, 5.41) is 4.64. The Kier molecular flexibility index (Phi) is 6.84. The van der Waals surface area contributed by atoms with Gasteiger partial charge in [-0.2, -0.15) is 0 Å². The molecule has 0 radical (unpaired) electrons. The van der Waals surface area contributed by atoms with E-state index in [0.717, 1.165) is 17.4 Å². The molecule has 4 aromatic rings. The molecule has 1 amide bonds. The first-order valence-corrected chi connectivity index (χ1v) is 11.6. The third-order valence-electron chi connectivity index (χ3n) is 5.54. The topological polar surface area (TPSA) is 73.1 Å². The summed E-state index contributed by atoms with van der Waals surface area (Å²) < 4.78 is 16.8. The van der Waals surface area contributed by atoms with Gasteiger partial charge in [0.15, 0.2) is 0 Å². The molecule has 0 aliphatic rings. The van der Waals surface area contributed by atoms with E-state index in [4.69, 9.17) is 0 Å². The second-order valence-electron chi connectivity index (χ2n) is 7.98. The number of amides is 1. The smallest absolute Gasteiger partial charge is 0.332 e. The number of nitrogens with zero attached hydrogens (tertiary/aromatic N) is 2. The molecule has 0 bridgehead atoms. The van der Waals surface area contributed by atoms with E-state index in [1.165, 1.54) is 33.6 Å². The predicted octanol–water partition coefficient (Wildman–Crippen LogP) is 3.55. The molecular formula is C25H24FN3O3S. The highest BCUT2D eigenvalue weighted by Crippen LogP contribution is 2.16. The SMILES string of the molecule is CC(CCc1ccccc1)NC(=O)Cn1c(=O)n(Cc2ccccc2F)c(=O)c2sccc21. The normalized spacial score (nSPS) is 12.1. The molecule has 170 valence electrons. The number of thiophene rings is 1. The third kappa shape index (κ3) is 5.12. The second-order valence-corrected chi connectivity index (χ2v) is 8.90. The van der Waals surface area contributed by atoms with E-state index < -0.39 is 17.1 Å².